The number of nitrogens with two attached hydrogens (primary N) is 4. The highest BCUT2D eigenvalue weighted by atomic mass is 16.6. The van der Waals surface area contributed by atoms with Crippen LogP contribution in [0.25, 0.3) is 0 Å². The maximum Gasteiger partial charge on any atom is 0.407 e. The van der Waals surface area contributed by atoms with E-state index in [0.29, 0.717) is 77.2 Å². The summed E-state index contributed by atoms with van der Waals surface area (Å²) in [7, 11) is 0. The smallest absolute Gasteiger partial charge is 0.407 e. The Kier molecular flexibility index (Phi) is 25.3. The third-order valence-corrected chi connectivity index (χ3v) is 14.7. The molecule has 0 bridgehead atoms. The summed E-state index contributed by atoms with van der Waals surface area (Å²) in [4.78, 5) is 38.6. The lowest BCUT2D eigenvalue weighted by Crippen LogP contribution is -2.51. The fraction of sp³-hybridized carbons (Fsp3) is 0.755. The van der Waals surface area contributed by atoms with Gasteiger partial charge in [0.2, 0.25) is 5.91 Å². The van der Waals surface area contributed by atoms with Crippen LogP contribution >= 0.6 is 0 Å². The van der Waals surface area contributed by atoms with Crippen LogP contribution in [-0.2, 0) is 25.4 Å². The van der Waals surface area contributed by atoms with E-state index in [0.717, 1.165) is 60.3 Å². The van der Waals surface area contributed by atoms with Gasteiger partial charge in [0.25, 0.3) is 0 Å². The van der Waals surface area contributed by atoms with E-state index in [9.17, 15) is 9.59 Å². The van der Waals surface area contributed by atoms with E-state index in [1.165, 1.54) is 44.1 Å². The minimum absolute atomic E-state index is 0.0366. The van der Waals surface area contributed by atoms with E-state index >= 15 is 0 Å². The monoisotopic (exact) mass is 936 g/mol. The Morgan fingerprint density at radius 3 is 2.24 bits per heavy atom. The first-order valence-electron chi connectivity index (χ1n) is 25.8. The number of nitrogens with one attached hydrogen (secondary N) is 2. The maximum atomic E-state index is 13.4. The predicted octanol–water partition coefficient (Wildman–Crippen LogP) is 8.31. The van der Waals surface area contributed by atoms with E-state index < -0.39 is 6.04 Å². The van der Waals surface area contributed by atoms with Gasteiger partial charge in [-0.2, -0.15) is 0 Å². The zero-order chi connectivity index (χ0) is 49.4. The molecule has 380 valence electrons. The molecule has 10 N–H and O–H groups in total. The van der Waals surface area contributed by atoms with Gasteiger partial charge in [0.15, 0.2) is 11.9 Å². The summed E-state index contributed by atoms with van der Waals surface area (Å²) in [6.07, 6.45) is 17.1. The molecule has 2 amide bonds. The third-order valence-electron chi connectivity index (χ3n) is 14.7. The first kappa shape index (κ1) is 57.1. The van der Waals surface area contributed by atoms with Gasteiger partial charge in [-0.3, -0.25) is 14.8 Å². The summed E-state index contributed by atoms with van der Waals surface area (Å²) in [5.74, 6) is 4.49. The molecule has 0 aromatic heterocycles. The topological polar surface area (TPSA) is 227 Å². The van der Waals surface area contributed by atoms with Gasteiger partial charge < -0.3 is 47.8 Å². The molecule has 0 heterocycles. The minimum atomic E-state index is -0.694. The standard InChI is InChI=1S/C47H77N9O5.C4H10.C2H6/c1-5-32(2)38-16-17-39-37-15-14-34-30-36(18-20-46(34,3)40(37)19-21-47(38,39)4)61-45(58)55-35(29-33-11-7-6-8-12-33)31-52-23-25-59-27-28-60-26-24-53-42(57)41(56-44(50)51)13-9-10-22-54-43(48)49;1-4(2)3;1-2/h6-8,11-12,14,31-32,35-41H,5,9-10,13,15-30H2,1-4H3,(H,53,57)(H,55,58)(H4,48,49,54)(H4,50,51,56);4H,1-3H3;1-2H3. The van der Waals surface area contributed by atoms with E-state index in [1.807, 2.05) is 32.0 Å². The second kappa shape index (κ2) is 29.7. The van der Waals surface area contributed by atoms with Crippen LogP contribution in [0.3, 0.4) is 0 Å². The SMILES string of the molecule is CC.CC(C)C.CCC(C)C1CCC2C3CC=C4CC(OC(=O)NC(C=NCCOCCOCCNC(=O)C(CCCCN=C(N)N)N=C(N)N)Cc5ccccc5)CCC4(C)C3CCC12C. The van der Waals surface area contributed by atoms with Crippen LogP contribution in [0, 0.1) is 46.3 Å². The second-order valence-corrected chi connectivity index (χ2v) is 20.3. The lowest BCUT2D eigenvalue weighted by molar-refractivity contribution is -0.122. The number of unbranched alkanes of at least 4 members (excludes halogenated alkanes) is 1. The number of nitrogens with zero attached hydrogens (tertiary/aromatic N) is 3. The van der Waals surface area contributed by atoms with Crippen molar-refractivity contribution in [2.24, 2.45) is 84.2 Å². The van der Waals surface area contributed by atoms with Crippen molar-refractivity contribution in [3.63, 3.8) is 0 Å². The fourth-order valence-electron chi connectivity index (χ4n) is 11.4. The highest BCUT2D eigenvalue weighted by Gasteiger charge is 2.59. The lowest BCUT2D eigenvalue weighted by Gasteiger charge is -2.58. The number of guanidine groups is 2. The molecule has 4 aliphatic rings. The van der Waals surface area contributed by atoms with Gasteiger partial charge in [-0.1, -0.05) is 111 Å². The number of benzene rings is 1. The molecule has 14 heteroatoms. The number of hydrogen-bond donors (Lipinski definition) is 6. The molecule has 0 radical (unpaired) electrons. The zero-order valence-corrected chi connectivity index (χ0v) is 43.1. The van der Waals surface area contributed by atoms with Crippen molar-refractivity contribution in [1.82, 2.24) is 10.6 Å². The van der Waals surface area contributed by atoms with Crippen molar-refractivity contribution in [3.05, 3.63) is 47.5 Å². The molecule has 5 rings (SSSR count). The molecule has 0 aliphatic heterocycles. The first-order chi connectivity index (χ1) is 32.1. The van der Waals surface area contributed by atoms with Crippen molar-refractivity contribution in [2.75, 3.05) is 46.1 Å². The highest BCUT2D eigenvalue weighted by molar-refractivity contribution is 5.86. The van der Waals surface area contributed by atoms with Gasteiger partial charge >= 0.3 is 6.09 Å². The van der Waals surface area contributed by atoms with E-state index in [1.54, 1.807) is 6.21 Å². The Morgan fingerprint density at radius 1 is 0.866 bits per heavy atom. The van der Waals surface area contributed by atoms with Crippen molar-refractivity contribution in [3.8, 4) is 0 Å². The Labute approximate surface area is 405 Å². The molecule has 3 fully saturated rings. The van der Waals surface area contributed by atoms with Crippen LogP contribution in [0.4, 0.5) is 4.79 Å². The average molecular weight is 936 g/mol. The Balaban J connectivity index is 0.00000188. The fourth-order valence-corrected chi connectivity index (χ4v) is 11.4. The molecule has 10 unspecified atom stereocenters. The molecule has 4 aliphatic carbocycles. The summed E-state index contributed by atoms with van der Waals surface area (Å²) in [6.45, 7) is 23.2. The molecule has 1 aromatic rings. The van der Waals surface area contributed by atoms with E-state index in [2.05, 4.69) is 92.3 Å². The summed E-state index contributed by atoms with van der Waals surface area (Å²) < 4.78 is 17.5. The van der Waals surface area contributed by atoms with Gasteiger partial charge in [-0.05, 0) is 123 Å². The number of alkyl carbamates (subject to hydrolysis) is 1. The first-order valence-corrected chi connectivity index (χ1v) is 25.8. The summed E-state index contributed by atoms with van der Waals surface area (Å²) in [6, 6.07) is 9.08. The second-order valence-electron chi connectivity index (χ2n) is 20.3. The molecule has 1 aromatic carbocycles. The van der Waals surface area contributed by atoms with Crippen molar-refractivity contribution >= 4 is 30.1 Å². The molecule has 14 nitrogen and oxygen atoms in total. The van der Waals surface area contributed by atoms with Gasteiger partial charge in [0, 0.05) is 25.7 Å². The van der Waals surface area contributed by atoms with Crippen molar-refractivity contribution in [1.29, 1.82) is 0 Å². The number of carbonyl (C=O) groups is 2. The summed E-state index contributed by atoms with van der Waals surface area (Å²) in [5, 5.41) is 5.92. The molecular weight excluding hydrogens is 843 g/mol. The number of allylic oxidation sites excluding steroid dienone is 1. The molecule has 0 saturated heterocycles. The molecule has 0 spiro atoms. The Bertz CT molecular complexity index is 1710. The van der Waals surface area contributed by atoms with Crippen molar-refractivity contribution < 1.29 is 23.8 Å². The third kappa shape index (κ3) is 18.3. The number of aliphatic imine (C=N–C) groups is 3. The van der Waals surface area contributed by atoms with Gasteiger partial charge in [0.1, 0.15) is 12.1 Å². The molecule has 3 saturated carbocycles. The van der Waals surface area contributed by atoms with Gasteiger partial charge in [0.05, 0.1) is 39.0 Å². The van der Waals surface area contributed by atoms with E-state index in [-0.39, 0.29) is 41.5 Å². The van der Waals surface area contributed by atoms with Crippen LogP contribution in [0.5, 0.6) is 0 Å². The van der Waals surface area contributed by atoms with Crippen LogP contribution in [0.2, 0.25) is 0 Å². The zero-order valence-electron chi connectivity index (χ0n) is 43.1. The quantitative estimate of drug-likeness (QED) is 0.0268. The Morgan fingerprint density at radius 2 is 1.57 bits per heavy atom. The number of carbonyl (C=O) groups excluding carboxylic acids is 2. The number of rotatable bonds is 23. The summed E-state index contributed by atoms with van der Waals surface area (Å²) in [5.41, 5.74) is 25.1. The maximum absolute atomic E-state index is 13.4. The molecule has 67 heavy (non-hydrogen) atoms. The predicted molar refractivity (Wildman–Crippen MR) is 276 cm³/mol. The molecular formula is C53H93N9O5. The molecule has 10 atom stereocenters. The number of amides is 2. The van der Waals surface area contributed by atoms with Crippen LogP contribution in [0.1, 0.15) is 145 Å². The highest BCUT2D eigenvalue weighted by Crippen LogP contribution is 2.67. The number of ether oxygens (including phenoxy) is 3. The van der Waals surface area contributed by atoms with Gasteiger partial charge in [-0.15, -0.1) is 0 Å². The van der Waals surface area contributed by atoms with Crippen LogP contribution < -0.4 is 33.6 Å². The normalized spacial score (nSPS) is 26.4. The van der Waals surface area contributed by atoms with Crippen LogP contribution in [0.15, 0.2) is 57.0 Å². The van der Waals surface area contributed by atoms with Gasteiger partial charge in [-0.25, -0.2) is 9.79 Å². The average Bonchev–Trinajstić information content (AvgIpc) is 3.65. The van der Waals surface area contributed by atoms with Crippen molar-refractivity contribution in [2.45, 2.75) is 164 Å². The van der Waals surface area contributed by atoms with Crippen LogP contribution in [-0.4, -0.2) is 94.4 Å². The Hall–Kier alpha value is -4.17. The lowest BCUT2D eigenvalue weighted by atomic mass is 9.47. The number of fused-ring (bicyclic) bond motifs is 5. The summed E-state index contributed by atoms with van der Waals surface area (Å²) >= 11 is 0. The number of hydrogen-bond acceptors (Lipinski definition) is 8. The minimum Gasteiger partial charge on any atom is -0.446 e. The van der Waals surface area contributed by atoms with E-state index in [4.69, 9.17) is 37.1 Å². The largest absolute Gasteiger partial charge is 0.446 e.